The van der Waals surface area contributed by atoms with E-state index in [9.17, 15) is 31.1 Å². The summed E-state index contributed by atoms with van der Waals surface area (Å²) in [6.45, 7) is -0.0337. The zero-order valence-corrected chi connectivity index (χ0v) is 19.4. The minimum Gasteiger partial charge on any atom is -0.489 e. The smallest absolute Gasteiger partial charge is 0.416 e. The van der Waals surface area contributed by atoms with Gasteiger partial charge in [-0.15, -0.1) is 0 Å². The van der Waals surface area contributed by atoms with Crippen LogP contribution in [-0.2, 0) is 30.3 Å². The van der Waals surface area contributed by atoms with Crippen LogP contribution in [0.15, 0.2) is 89.3 Å². The van der Waals surface area contributed by atoms with Gasteiger partial charge in [-0.3, -0.25) is 5.32 Å². The monoisotopic (exact) mass is 535 g/mol. The first kappa shape index (κ1) is 26.6. The van der Waals surface area contributed by atoms with Gasteiger partial charge in [-0.05, 0) is 60.2 Å². The quantitative estimate of drug-likeness (QED) is 0.242. The Bertz CT molecular complexity index is 1350. The van der Waals surface area contributed by atoms with Crippen LogP contribution in [0.1, 0.15) is 22.5 Å². The number of halogens is 6. The molecule has 1 amide bonds. The van der Waals surface area contributed by atoms with Crippen LogP contribution in [0.2, 0.25) is 0 Å². The molecule has 38 heavy (non-hydrogen) atoms. The number of benzene rings is 3. The number of furan rings is 1. The molecule has 4 aromatic rings. The molecule has 198 valence electrons. The number of rotatable bonds is 7. The highest BCUT2D eigenvalue weighted by Crippen LogP contribution is 2.39. The Labute approximate surface area is 212 Å². The number of ether oxygens (including phenoxy) is 2. The molecular weight excluding hydrogens is 516 g/mol. The number of alkyl halides is 6. The van der Waals surface area contributed by atoms with Crippen molar-refractivity contribution in [1.29, 1.82) is 0 Å². The first-order valence-corrected chi connectivity index (χ1v) is 11.1. The van der Waals surface area contributed by atoms with Crippen LogP contribution < -0.4 is 10.1 Å². The van der Waals surface area contributed by atoms with Crippen LogP contribution >= 0.6 is 0 Å². The summed E-state index contributed by atoms with van der Waals surface area (Å²) >= 11 is 0. The van der Waals surface area contributed by atoms with Gasteiger partial charge in [0.1, 0.15) is 23.9 Å². The third-order valence-corrected chi connectivity index (χ3v) is 5.23. The molecule has 1 N–H and O–H groups in total. The zero-order valence-electron chi connectivity index (χ0n) is 19.4. The number of anilines is 1. The molecule has 0 aliphatic heterocycles. The highest BCUT2D eigenvalue weighted by atomic mass is 19.4. The van der Waals surface area contributed by atoms with E-state index < -0.39 is 41.7 Å². The molecule has 4 rings (SSSR count). The van der Waals surface area contributed by atoms with E-state index >= 15 is 0 Å². The van der Waals surface area contributed by atoms with Gasteiger partial charge in [0.05, 0.1) is 11.1 Å². The molecule has 0 atom stereocenters. The van der Waals surface area contributed by atoms with Crippen molar-refractivity contribution in [2.45, 2.75) is 25.6 Å². The summed E-state index contributed by atoms with van der Waals surface area (Å²) in [5.74, 6) is 0.358. The van der Waals surface area contributed by atoms with Crippen molar-refractivity contribution >= 4 is 11.8 Å². The fourth-order valence-electron chi connectivity index (χ4n) is 3.37. The van der Waals surface area contributed by atoms with Gasteiger partial charge < -0.3 is 13.9 Å². The van der Waals surface area contributed by atoms with Gasteiger partial charge in [-0.2, -0.15) is 26.3 Å². The average molecular weight is 535 g/mol. The minimum absolute atomic E-state index is 0.0192. The second kappa shape index (κ2) is 10.9. The molecule has 1 aromatic heterocycles. The molecule has 0 saturated heterocycles. The Hall–Kier alpha value is -4.41. The van der Waals surface area contributed by atoms with Crippen molar-refractivity contribution in [3.8, 4) is 17.1 Å². The van der Waals surface area contributed by atoms with Crippen LogP contribution in [-0.4, -0.2) is 6.09 Å². The first-order valence-electron chi connectivity index (χ1n) is 11.1. The largest absolute Gasteiger partial charge is 0.489 e. The normalized spacial score (nSPS) is 11.7. The molecule has 0 fully saturated rings. The van der Waals surface area contributed by atoms with Gasteiger partial charge in [0.2, 0.25) is 0 Å². The van der Waals surface area contributed by atoms with E-state index in [1.54, 1.807) is 24.3 Å². The Morgan fingerprint density at radius 1 is 0.763 bits per heavy atom. The van der Waals surface area contributed by atoms with E-state index in [4.69, 9.17) is 13.9 Å². The molecule has 0 unspecified atom stereocenters. The van der Waals surface area contributed by atoms with Crippen molar-refractivity contribution in [3.63, 3.8) is 0 Å². The molecule has 3 aromatic carbocycles. The van der Waals surface area contributed by atoms with Crippen LogP contribution in [0.3, 0.4) is 0 Å². The van der Waals surface area contributed by atoms with Gasteiger partial charge in [0.15, 0.2) is 6.61 Å². The van der Waals surface area contributed by atoms with E-state index in [0.29, 0.717) is 30.2 Å². The molecule has 11 heteroatoms. The summed E-state index contributed by atoms with van der Waals surface area (Å²) in [5, 5.41) is 2.49. The number of carbonyl (C=O) groups excluding carboxylic acids is 1. The summed E-state index contributed by atoms with van der Waals surface area (Å²) in [6, 6.07) is 19.7. The van der Waals surface area contributed by atoms with E-state index in [0.717, 1.165) is 5.56 Å². The number of amides is 1. The predicted octanol–water partition coefficient (Wildman–Crippen LogP) is 8.31. The van der Waals surface area contributed by atoms with Gasteiger partial charge >= 0.3 is 18.4 Å². The summed E-state index contributed by atoms with van der Waals surface area (Å²) < 4.78 is 94.7. The molecule has 5 nitrogen and oxygen atoms in total. The molecule has 0 radical (unpaired) electrons. The predicted molar refractivity (Wildman–Crippen MR) is 125 cm³/mol. The summed E-state index contributed by atoms with van der Waals surface area (Å²) in [5.41, 5.74) is -1.95. The summed E-state index contributed by atoms with van der Waals surface area (Å²) in [7, 11) is 0. The first-order chi connectivity index (χ1) is 18.0. The van der Waals surface area contributed by atoms with Crippen LogP contribution in [0, 0.1) is 0 Å². The van der Waals surface area contributed by atoms with Crippen molar-refractivity contribution in [1.82, 2.24) is 0 Å². The lowest BCUT2D eigenvalue weighted by Gasteiger charge is -2.13. The topological polar surface area (TPSA) is 60.7 Å². The van der Waals surface area contributed by atoms with E-state index in [2.05, 4.69) is 5.32 Å². The summed E-state index contributed by atoms with van der Waals surface area (Å²) in [6.07, 6.45) is -10.8. The maximum absolute atomic E-state index is 13.1. The van der Waals surface area contributed by atoms with E-state index in [-0.39, 0.29) is 17.6 Å². The van der Waals surface area contributed by atoms with Gasteiger partial charge in [-0.1, -0.05) is 30.3 Å². The van der Waals surface area contributed by atoms with E-state index in [1.807, 2.05) is 30.3 Å². The van der Waals surface area contributed by atoms with Crippen molar-refractivity contribution < 1.29 is 45.0 Å². The number of hydrogen-bond donors (Lipinski definition) is 1. The Morgan fingerprint density at radius 3 is 2.00 bits per heavy atom. The standard InChI is InChI=1S/C27H19F6NO4/c28-26(29,30)19-12-18(13-20(14-19)27(31,32)33)24-11-10-23(38-24)16-37-25(35)34-21-6-8-22(9-7-21)36-15-17-4-2-1-3-5-17/h1-14H,15-16H2,(H,34,35). The molecule has 0 aliphatic carbocycles. The zero-order chi connectivity index (χ0) is 27.3. The second-order valence-corrected chi connectivity index (χ2v) is 8.06. The van der Waals surface area contributed by atoms with Gasteiger partial charge in [0, 0.05) is 11.3 Å². The number of carbonyl (C=O) groups is 1. The minimum atomic E-state index is -4.99. The molecule has 0 spiro atoms. The van der Waals surface area contributed by atoms with Crippen molar-refractivity contribution in [2.75, 3.05) is 5.32 Å². The molecule has 0 bridgehead atoms. The van der Waals surface area contributed by atoms with Crippen LogP contribution in [0.5, 0.6) is 5.75 Å². The third kappa shape index (κ3) is 7.09. The number of nitrogens with one attached hydrogen (secondary N) is 1. The fraction of sp³-hybridized carbons (Fsp3) is 0.148. The SMILES string of the molecule is O=C(Nc1ccc(OCc2ccccc2)cc1)OCc1ccc(-c2cc(C(F)(F)F)cc(C(F)(F)F)c2)o1. The Kier molecular flexibility index (Phi) is 7.65. The van der Waals surface area contributed by atoms with E-state index in [1.165, 1.54) is 12.1 Å². The Balaban J connectivity index is 1.34. The highest BCUT2D eigenvalue weighted by molar-refractivity contribution is 5.84. The van der Waals surface area contributed by atoms with Crippen LogP contribution in [0.4, 0.5) is 36.8 Å². The maximum Gasteiger partial charge on any atom is 0.416 e. The molecule has 1 heterocycles. The lowest BCUT2D eigenvalue weighted by atomic mass is 10.0. The molecule has 0 aliphatic rings. The Morgan fingerprint density at radius 2 is 1.39 bits per heavy atom. The van der Waals surface area contributed by atoms with Crippen molar-refractivity contribution in [2.24, 2.45) is 0 Å². The third-order valence-electron chi connectivity index (χ3n) is 5.23. The average Bonchev–Trinajstić information content (AvgIpc) is 3.36. The fourth-order valence-corrected chi connectivity index (χ4v) is 3.37. The maximum atomic E-state index is 13.1. The highest BCUT2D eigenvalue weighted by Gasteiger charge is 2.37. The summed E-state index contributed by atoms with van der Waals surface area (Å²) in [4.78, 5) is 12.1. The van der Waals surface area contributed by atoms with Gasteiger partial charge in [-0.25, -0.2) is 4.79 Å². The number of hydrogen-bond acceptors (Lipinski definition) is 4. The van der Waals surface area contributed by atoms with Crippen molar-refractivity contribution in [3.05, 3.63) is 107 Å². The lowest BCUT2D eigenvalue weighted by Crippen LogP contribution is -2.13. The van der Waals surface area contributed by atoms with Crippen LogP contribution in [0.25, 0.3) is 11.3 Å². The van der Waals surface area contributed by atoms with Gasteiger partial charge in [0.25, 0.3) is 0 Å². The lowest BCUT2D eigenvalue weighted by molar-refractivity contribution is -0.143. The molecule has 0 saturated carbocycles. The second-order valence-electron chi connectivity index (χ2n) is 8.06. The molecular formula is C27H19F6NO4.